The highest BCUT2D eigenvalue weighted by Crippen LogP contribution is 2.45. The molecule has 0 aromatic heterocycles. The molecule has 1 aromatic rings. The van der Waals surface area contributed by atoms with Crippen molar-refractivity contribution < 1.29 is 23.4 Å². The van der Waals surface area contributed by atoms with E-state index in [1.807, 2.05) is 20.8 Å². The number of rotatable bonds is 7. The van der Waals surface area contributed by atoms with Crippen LogP contribution in [0.3, 0.4) is 0 Å². The summed E-state index contributed by atoms with van der Waals surface area (Å²) < 4.78 is 31.8. The van der Waals surface area contributed by atoms with E-state index >= 15 is 0 Å². The van der Waals surface area contributed by atoms with Crippen molar-refractivity contribution >= 4 is 23.2 Å². The number of carbonyl (C=O) groups excluding carboxylic acids is 1. The highest BCUT2D eigenvalue weighted by molar-refractivity contribution is 6.32. The average molecular weight is 438 g/mol. The molecular formula is C23H29ClFNO4. The van der Waals surface area contributed by atoms with E-state index < -0.39 is 18.4 Å². The van der Waals surface area contributed by atoms with Gasteiger partial charge in [-0.2, -0.15) is 0 Å². The molecule has 0 saturated carbocycles. The van der Waals surface area contributed by atoms with Gasteiger partial charge in [0.15, 0.2) is 12.6 Å². The summed E-state index contributed by atoms with van der Waals surface area (Å²) in [4.78, 5) is 14.7. The van der Waals surface area contributed by atoms with Crippen LogP contribution in [0.2, 0.25) is 5.02 Å². The van der Waals surface area contributed by atoms with E-state index in [1.54, 1.807) is 13.8 Å². The fraction of sp³-hybridized carbons (Fsp3) is 0.522. The number of hydrogen-bond donors (Lipinski definition) is 0. The number of nitrogens with zero attached hydrogens (tertiary/aromatic N) is 1. The molecule has 1 aliphatic heterocycles. The van der Waals surface area contributed by atoms with E-state index in [0.717, 1.165) is 48.1 Å². The molecule has 5 nitrogen and oxygen atoms in total. The Morgan fingerprint density at radius 1 is 1.17 bits per heavy atom. The normalized spacial score (nSPS) is 18.6. The van der Waals surface area contributed by atoms with E-state index in [9.17, 15) is 9.18 Å². The summed E-state index contributed by atoms with van der Waals surface area (Å²) >= 11 is 6.23. The number of allylic oxidation sites excluding steroid dienone is 2. The van der Waals surface area contributed by atoms with Crippen LogP contribution in [0, 0.1) is 5.82 Å². The molecule has 0 bridgehead atoms. The minimum absolute atomic E-state index is 0.110. The van der Waals surface area contributed by atoms with Gasteiger partial charge in [0.25, 0.3) is 5.91 Å². The molecule has 164 valence electrons. The van der Waals surface area contributed by atoms with Crippen LogP contribution < -0.4 is 9.64 Å². The molecule has 1 heterocycles. The second kappa shape index (κ2) is 9.50. The van der Waals surface area contributed by atoms with E-state index in [1.165, 1.54) is 17.0 Å². The van der Waals surface area contributed by atoms with Gasteiger partial charge in [-0.3, -0.25) is 9.69 Å². The van der Waals surface area contributed by atoms with E-state index in [4.69, 9.17) is 25.8 Å². The molecule has 1 aromatic carbocycles. The molecule has 2 atom stereocenters. The van der Waals surface area contributed by atoms with Crippen LogP contribution in [0.1, 0.15) is 60.3 Å². The van der Waals surface area contributed by atoms with Crippen molar-refractivity contribution in [3.8, 4) is 5.75 Å². The minimum Gasteiger partial charge on any atom is -0.464 e. The number of carbonyl (C=O) groups is 1. The summed E-state index contributed by atoms with van der Waals surface area (Å²) in [5.41, 5.74) is 3.71. The first-order valence-corrected chi connectivity index (χ1v) is 10.8. The maximum Gasteiger partial charge on any atom is 0.259 e. The summed E-state index contributed by atoms with van der Waals surface area (Å²) in [6.45, 7) is 9.73. The van der Waals surface area contributed by atoms with Gasteiger partial charge in [0.1, 0.15) is 11.6 Å². The lowest BCUT2D eigenvalue weighted by Gasteiger charge is -2.25. The molecule has 0 fully saturated rings. The second-order valence-corrected chi connectivity index (χ2v) is 8.14. The molecule has 7 heteroatoms. The predicted octanol–water partition coefficient (Wildman–Crippen LogP) is 6.11. The Balaban J connectivity index is 1.94. The van der Waals surface area contributed by atoms with Crippen LogP contribution in [0.4, 0.5) is 10.1 Å². The zero-order valence-corrected chi connectivity index (χ0v) is 18.9. The Morgan fingerprint density at radius 3 is 2.47 bits per heavy atom. The Labute approximate surface area is 182 Å². The predicted molar refractivity (Wildman–Crippen MR) is 115 cm³/mol. The topological polar surface area (TPSA) is 48.0 Å². The molecule has 30 heavy (non-hydrogen) atoms. The third kappa shape index (κ3) is 4.56. The molecule has 1 aliphatic carbocycles. The number of amides is 1. The van der Waals surface area contributed by atoms with Crippen LogP contribution in [0.25, 0.3) is 0 Å². The standard InChI is InChI=1S/C23H29ClFNO4/c1-6-28-14(4)29-15(5)30-21-12-20(19(25)11-18(21)24)26-22(13(2)3)16-9-7-8-10-17(16)23(26)27/h11-12,14-15H,6-10H2,1-5H3. The van der Waals surface area contributed by atoms with Crippen LogP contribution in [-0.2, 0) is 14.3 Å². The van der Waals surface area contributed by atoms with Gasteiger partial charge in [0, 0.05) is 18.2 Å². The SMILES string of the molecule is CCOC(C)OC(C)Oc1cc(N2C(=O)C3=C(CCCC3)C2=C(C)C)c(F)cc1Cl. The van der Waals surface area contributed by atoms with E-state index in [-0.39, 0.29) is 22.4 Å². The van der Waals surface area contributed by atoms with Gasteiger partial charge < -0.3 is 14.2 Å². The van der Waals surface area contributed by atoms with Crippen LogP contribution in [0.15, 0.2) is 34.5 Å². The monoisotopic (exact) mass is 437 g/mol. The largest absolute Gasteiger partial charge is 0.464 e. The zero-order valence-electron chi connectivity index (χ0n) is 18.2. The second-order valence-electron chi connectivity index (χ2n) is 7.73. The molecule has 1 amide bonds. The number of hydrogen-bond acceptors (Lipinski definition) is 4. The summed E-state index contributed by atoms with van der Waals surface area (Å²) in [5.74, 6) is -0.493. The van der Waals surface area contributed by atoms with Crippen molar-refractivity contribution in [2.24, 2.45) is 0 Å². The maximum atomic E-state index is 15.0. The Morgan fingerprint density at radius 2 is 1.83 bits per heavy atom. The lowest BCUT2D eigenvalue weighted by Crippen LogP contribution is -2.27. The van der Waals surface area contributed by atoms with Gasteiger partial charge in [-0.25, -0.2) is 4.39 Å². The fourth-order valence-electron chi connectivity index (χ4n) is 4.06. The quantitative estimate of drug-likeness (QED) is 0.482. The van der Waals surface area contributed by atoms with E-state index in [2.05, 4.69) is 0 Å². The van der Waals surface area contributed by atoms with Crippen LogP contribution in [0.5, 0.6) is 5.75 Å². The third-order valence-corrected chi connectivity index (χ3v) is 5.53. The van der Waals surface area contributed by atoms with Gasteiger partial charge in [0.2, 0.25) is 0 Å². The highest BCUT2D eigenvalue weighted by Gasteiger charge is 2.38. The van der Waals surface area contributed by atoms with Crippen molar-refractivity contribution in [3.05, 3.63) is 45.4 Å². The first-order valence-electron chi connectivity index (χ1n) is 10.4. The van der Waals surface area contributed by atoms with E-state index in [0.29, 0.717) is 6.61 Å². The number of halogens is 2. The lowest BCUT2D eigenvalue weighted by molar-refractivity contribution is -0.202. The van der Waals surface area contributed by atoms with Crippen molar-refractivity contribution in [2.75, 3.05) is 11.5 Å². The highest BCUT2D eigenvalue weighted by atomic mass is 35.5. The minimum atomic E-state index is -0.675. The first-order chi connectivity index (χ1) is 14.2. The smallest absolute Gasteiger partial charge is 0.259 e. The van der Waals surface area contributed by atoms with Crippen LogP contribution in [-0.4, -0.2) is 25.1 Å². The molecule has 2 unspecified atom stereocenters. The Hall–Kier alpha value is -1.89. The Kier molecular flexibility index (Phi) is 7.22. The van der Waals surface area contributed by atoms with Gasteiger partial charge in [-0.1, -0.05) is 17.2 Å². The summed E-state index contributed by atoms with van der Waals surface area (Å²) in [6.07, 6.45) is 2.42. The molecule has 0 saturated heterocycles. The fourth-order valence-corrected chi connectivity index (χ4v) is 4.25. The number of benzene rings is 1. The lowest BCUT2D eigenvalue weighted by atomic mass is 9.91. The van der Waals surface area contributed by atoms with Crippen molar-refractivity contribution in [1.82, 2.24) is 0 Å². The van der Waals surface area contributed by atoms with Gasteiger partial charge in [-0.15, -0.1) is 0 Å². The number of ether oxygens (including phenoxy) is 3. The molecule has 2 aliphatic rings. The van der Waals surface area contributed by atoms with Crippen molar-refractivity contribution in [2.45, 2.75) is 72.9 Å². The zero-order chi connectivity index (χ0) is 22.0. The number of anilines is 1. The molecule has 0 N–H and O–H groups in total. The van der Waals surface area contributed by atoms with Crippen molar-refractivity contribution in [3.63, 3.8) is 0 Å². The summed E-state index contributed by atoms with van der Waals surface area (Å²) in [5, 5.41) is 0.110. The average Bonchev–Trinajstić information content (AvgIpc) is 2.97. The third-order valence-electron chi connectivity index (χ3n) is 5.23. The summed E-state index contributed by atoms with van der Waals surface area (Å²) in [7, 11) is 0. The maximum absolute atomic E-state index is 15.0. The summed E-state index contributed by atoms with van der Waals surface area (Å²) in [6, 6.07) is 2.65. The Bertz CT molecular complexity index is 891. The molecule has 0 radical (unpaired) electrons. The van der Waals surface area contributed by atoms with Gasteiger partial charge in [0.05, 0.1) is 16.4 Å². The molecular weight excluding hydrogens is 409 g/mol. The van der Waals surface area contributed by atoms with Crippen LogP contribution >= 0.6 is 11.6 Å². The molecule has 3 rings (SSSR count). The van der Waals surface area contributed by atoms with Gasteiger partial charge in [-0.05, 0) is 71.9 Å². The van der Waals surface area contributed by atoms with Crippen molar-refractivity contribution in [1.29, 1.82) is 0 Å². The molecule has 0 spiro atoms. The first kappa shape index (κ1) is 22.8. The van der Waals surface area contributed by atoms with Gasteiger partial charge >= 0.3 is 0 Å².